The molecule has 0 amide bonds. The van der Waals surface area contributed by atoms with Crippen molar-refractivity contribution in [2.75, 3.05) is 7.05 Å². The third-order valence-corrected chi connectivity index (χ3v) is 2.02. The fraction of sp³-hybridized carbons (Fsp3) is 0.556. The Balaban J connectivity index is 2.50. The van der Waals surface area contributed by atoms with Crippen molar-refractivity contribution in [2.45, 2.75) is 24.9 Å². The highest BCUT2D eigenvalue weighted by Crippen LogP contribution is 2.26. The molecule has 0 spiro atoms. The van der Waals surface area contributed by atoms with E-state index in [1.807, 2.05) is 0 Å². The number of aliphatic imine (C=N–C) groups is 2. The summed E-state index contributed by atoms with van der Waals surface area (Å²) in [6, 6.07) is 0. The number of rotatable bonds is 3. The van der Waals surface area contributed by atoms with Gasteiger partial charge in [0.15, 0.2) is 6.17 Å². The molecule has 3 unspecified atom stereocenters. The highest BCUT2D eigenvalue weighted by molar-refractivity contribution is 5.92. The van der Waals surface area contributed by atoms with Crippen LogP contribution in [0, 0.1) is 0 Å². The summed E-state index contributed by atoms with van der Waals surface area (Å²) < 4.78 is 18.1. The van der Waals surface area contributed by atoms with E-state index in [0.717, 1.165) is 0 Å². The number of hydrogen-bond acceptors (Lipinski definition) is 4. The minimum Gasteiger partial charge on any atom is -0.468 e. The van der Waals surface area contributed by atoms with Crippen LogP contribution < -0.4 is 5.73 Å². The zero-order valence-corrected chi connectivity index (χ0v) is 8.43. The van der Waals surface area contributed by atoms with Crippen LogP contribution in [0.25, 0.3) is 0 Å². The second-order valence-corrected chi connectivity index (χ2v) is 3.11. The van der Waals surface area contributed by atoms with Gasteiger partial charge >= 0.3 is 0 Å². The number of alkyl halides is 1. The molecule has 0 saturated carbocycles. The Morgan fingerprint density at radius 1 is 1.80 bits per heavy atom. The molecule has 1 aliphatic heterocycles. The maximum atomic E-state index is 13.2. The molecule has 15 heavy (non-hydrogen) atoms. The van der Waals surface area contributed by atoms with Crippen LogP contribution in [0.1, 0.15) is 6.42 Å². The number of aliphatic hydroxyl groups is 1. The Morgan fingerprint density at radius 3 is 2.93 bits per heavy atom. The molecule has 1 rings (SSSR count). The Hall–Kier alpha value is -1.43. The van der Waals surface area contributed by atoms with Gasteiger partial charge in [-0.15, -0.1) is 0 Å². The van der Waals surface area contributed by atoms with Gasteiger partial charge in [-0.1, -0.05) is 6.58 Å². The summed E-state index contributed by atoms with van der Waals surface area (Å²) in [5.74, 6) is 0.397. The highest BCUT2D eigenvalue weighted by atomic mass is 19.1. The lowest BCUT2D eigenvalue weighted by molar-refractivity contribution is 0.0957. The molecule has 0 aromatic carbocycles. The highest BCUT2D eigenvalue weighted by Gasteiger charge is 2.39. The van der Waals surface area contributed by atoms with E-state index >= 15 is 0 Å². The van der Waals surface area contributed by atoms with Gasteiger partial charge in [0, 0.05) is 19.7 Å². The van der Waals surface area contributed by atoms with Crippen LogP contribution in [0.15, 0.2) is 22.3 Å². The fourth-order valence-corrected chi connectivity index (χ4v) is 1.08. The Labute approximate surface area is 87.2 Å². The zero-order valence-electron chi connectivity index (χ0n) is 8.43. The number of aliphatic hydroxyl groups excluding tert-OH is 1. The van der Waals surface area contributed by atoms with E-state index in [1.54, 1.807) is 7.05 Å². The van der Waals surface area contributed by atoms with Crippen molar-refractivity contribution < 1.29 is 14.2 Å². The summed E-state index contributed by atoms with van der Waals surface area (Å²) in [6.07, 6.45) is -2.17. The van der Waals surface area contributed by atoms with Crippen molar-refractivity contribution in [3.8, 4) is 0 Å². The van der Waals surface area contributed by atoms with Crippen LogP contribution in [0.2, 0.25) is 0 Å². The number of ether oxygens (including phenoxy) is 1. The van der Waals surface area contributed by atoms with Crippen molar-refractivity contribution in [3.63, 3.8) is 0 Å². The van der Waals surface area contributed by atoms with Crippen molar-refractivity contribution >= 4 is 12.1 Å². The van der Waals surface area contributed by atoms with Gasteiger partial charge in [0.2, 0.25) is 6.23 Å². The lowest BCUT2D eigenvalue weighted by Gasteiger charge is -2.06. The largest absolute Gasteiger partial charge is 0.468 e. The molecule has 84 valence electrons. The molecule has 0 aliphatic carbocycles. The Morgan fingerprint density at radius 2 is 2.47 bits per heavy atom. The third-order valence-electron chi connectivity index (χ3n) is 2.02. The molecule has 0 aromatic rings. The first-order valence-corrected chi connectivity index (χ1v) is 4.46. The van der Waals surface area contributed by atoms with Crippen LogP contribution in [-0.4, -0.2) is 42.7 Å². The second-order valence-electron chi connectivity index (χ2n) is 3.11. The lowest BCUT2D eigenvalue weighted by Crippen LogP contribution is -2.24. The fourth-order valence-electron chi connectivity index (χ4n) is 1.08. The number of halogens is 1. The lowest BCUT2D eigenvalue weighted by atomic mass is 10.2. The topological polar surface area (TPSA) is 80.2 Å². The van der Waals surface area contributed by atoms with E-state index in [9.17, 15) is 4.39 Å². The van der Waals surface area contributed by atoms with Crippen LogP contribution in [0.4, 0.5) is 4.39 Å². The van der Waals surface area contributed by atoms with Crippen molar-refractivity contribution in [3.05, 3.63) is 12.3 Å². The minimum atomic E-state index is -1.58. The average Bonchev–Trinajstić information content (AvgIpc) is 2.46. The van der Waals surface area contributed by atoms with E-state index in [0.29, 0.717) is 12.3 Å². The summed E-state index contributed by atoms with van der Waals surface area (Å²) in [7, 11) is 1.55. The molecule has 1 aliphatic rings. The maximum Gasteiger partial charge on any atom is 0.222 e. The minimum absolute atomic E-state index is 0.00165. The summed E-state index contributed by atoms with van der Waals surface area (Å²) in [4.78, 5) is 7.49. The second kappa shape index (κ2) is 4.88. The van der Waals surface area contributed by atoms with E-state index in [2.05, 4.69) is 16.6 Å². The quantitative estimate of drug-likeness (QED) is 0.513. The molecular formula is C9H14FN3O2. The van der Waals surface area contributed by atoms with Crippen molar-refractivity contribution in [2.24, 2.45) is 15.7 Å². The van der Waals surface area contributed by atoms with Gasteiger partial charge in [0.25, 0.3) is 0 Å². The van der Waals surface area contributed by atoms with Crippen LogP contribution in [0.5, 0.6) is 0 Å². The molecule has 1 fully saturated rings. The van der Waals surface area contributed by atoms with Crippen LogP contribution in [0.3, 0.4) is 0 Å². The molecule has 1 saturated heterocycles. The van der Waals surface area contributed by atoms with Gasteiger partial charge in [-0.25, -0.2) is 4.39 Å². The van der Waals surface area contributed by atoms with E-state index in [-0.39, 0.29) is 5.76 Å². The van der Waals surface area contributed by atoms with Gasteiger partial charge < -0.3 is 15.6 Å². The molecule has 6 heteroatoms. The van der Waals surface area contributed by atoms with Gasteiger partial charge in [-0.2, -0.15) is 0 Å². The smallest absolute Gasteiger partial charge is 0.222 e. The molecule has 5 nitrogen and oxygen atoms in total. The number of amidine groups is 1. The molecule has 1 heterocycles. The predicted octanol–water partition coefficient (Wildman–Crippen LogP) is 0.00330. The standard InChI is InChI=1S/C9H14FN3O2/c1-5-8(14)7(10)9(15-5)13-4-3-6(11)12-2/h4,7-9,14H,1,3H2,2H3,(H2,11,12). The van der Waals surface area contributed by atoms with Crippen molar-refractivity contribution in [1.82, 2.24) is 0 Å². The van der Waals surface area contributed by atoms with Crippen molar-refractivity contribution in [1.29, 1.82) is 0 Å². The molecule has 0 radical (unpaired) electrons. The van der Waals surface area contributed by atoms with Crippen LogP contribution >= 0.6 is 0 Å². The molecular weight excluding hydrogens is 201 g/mol. The normalized spacial score (nSPS) is 32.3. The summed E-state index contributed by atoms with van der Waals surface area (Å²) in [5.41, 5.74) is 5.40. The molecule has 0 aromatic heterocycles. The van der Waals surface area contributed by atoms with E-state index in [4.69, 9.17) is 15.6 Å². The summed E-state index contributed by atoms with van der Waals surface area (Å²) in [5, 5.41) is 9.17. The maximum absolute atomic E-state index is 13.2. The molecule has 0 bridgehead atoms. The summed E-state index contributed by atoms with van der Waals surface area (Å²) >= 11 is 0. The van der Waals surface area contributed by atoms with Gasteiger partial charge in [0.05, 0.1) is 5.84 Å². The van der Waals surface area contributed by atoms with Gasteiger partial charge in [0.1, 0.15) is 11.9 Å². The first-order chi connectivity index (χ1) is 7.06. The van der Waals surface area contributed by atoms with Gasteiger partial charge in [-0.05, 0) is 0 Å². The first-order valence-electron chi connectivity index (χ1n) is 4.46. The first kappa shape index (κ1) is 11.6. The van der Waals surface area contributed by atoms with E-state index in [1.165, 1.54) is 6.21 Å². The predicted molar refractivity (Wildman–Crippen MR) is 55.6 cm³/mol. The Kier molecular flexibility index (Phi) is 3.79. The summed E-state index contributed by atoms with van der Waals surface area (Å²) in [6.45, 7) is 3.36. The average molecular weight is 215 g/mol. The SMILES string of the molecule is C=C1OC(N=CCC(N)=NC)C(F)C1O. The number of hydrogen-bond donors (Lipinski definition) is 2. The third kappa shape index (κ3) is 2.76. The van der Waals surface area contributed by atoms with E-state index < -0.39 is 18.5 Å². The molecule has 3 N–H and O–H groups in total. The molecule has 3 atom stereocenters. The monoisotopic (exact) mass is 215 g/mol. The van der Waals surface area contributed by atoms with Gasteiger partial charge in [-0.3, -0.25) is 9.98 Å². The Bertz CT molecular complexity index is 304. The number of nitrogens with two attached hydrogens (primary N) is 1. The zero-order chi connectivity index (χ0) is 11.4. The van der Waals surface area contributed by atoms with Crippen LogP contribution in [-0.2, 0) is 4.74 Å². The number of nitrogens with zero attached hydrogens (tertiary/aromatic N) is 2.